The predicted molar refractivity (Wildman–Crippen MR) is 82.5 cm³/mol. The summed E-state index contributed by atoms with van der Waals surface area (Å²) in [6.07, 6.45) is 6.14. The largest absolute Gasteiger partial charge is 0.355 e. The second kappa shape index (κ2) is 9.48. The van der Waals surface area contributed by atoms with Gasteiger partial charge in [-0.05, 0) is 31.4 Å². The van der Waals surface area contributed by atoms with Gasteiger partial charge in [0.15, 0.2) is 0 Å². The zero-order valence-corrected chi connectivity index (χ0v) is 12.9. The average Bonchev–Trinajstić information content (AvgIpc) is 2.49. The molecule has 0 spiro atoms. The van der Waals surface area contributed by atoms with Crippen LogP contribution in [0.15, 0.2) is 18.3 Å². The Bertz CT molecular complexity index is 406. The Morgan fingerprint density at radius 1 is 1.35 bits per heavy atom. The van der Waals surface area contributed by atoms with E-state index in [9.17, 15) is 4.79 Å². The molecule has 1 amide bonds. The number of aryl methyl sites for hydroxylation is 1. The molecule has 112 valence electrons. The third-order valence-electron chi connectivity index (χ3n) is 3.41. The van der Waals surface area contributed by atoms with E-state index in [1.54, 1.807) is 6.20 Å². The van der Waals surface area contributed by atoms with E-state index < -0.39 is 0 Å². The molecule has 1 rings (SSSR count). The van der Waals surface area contributed by atoms with E-state index in [1.807, 2.05) is 13.0 Å². The zero-order chi connectivity index (χ0) is 14.8. The first-order valence-electron chi connectivity index (χ1n) is 7.62. The lowest BCUT2D eigenvalue weighted by Gasteiger charge is -2.15. The van der Waals surface area contributed by atoms with Crippen molar-refractivity contribution in [1.82, 2.24) is 15.6 Å². The molecule has 2 N–H and O–H groups in total. The van der Waals surface area contributed by atoms with Crippen molar-refractivity contribution in [3.05, 3.63) is 29.6 Å². The van der Waals surface area contributed by atoms with Gasteiger partial charge in [-0.15, -0.1) is 0 Å². The molecule has 0 aromatic carbocycles. The molecule has 1 atom stereocenters. The van der Waals surface area contributed by atoms with Gasteiger partial charge in [0.05, 0.1) is 11.7 Å². The van der Waals surface area contributed by atoms with Crippen molar-refractivity contribution in [1.29, 1.82) is 0 Å². The maximum absolute atomic E-state index is 11.9. The molecule has 1 aromatic rings. The number of aromatic nitrogens is 1. The van der Waals surface area contributed by atoms with Crippen LogP contribution in [0, 0.1) is 0 Å². The molecular weight excluding hydrogens is 250 g/mol. The summed E-state index contributed by atoms with van der Waals surface area (Å²) in [5.41, 5.74) is 2.26. The Kier molecular flexibility index (Phi) is 7.88. The highest BCUT2D eigenvalue weighted by Crippen LogP contribution is 2.05. The van der Waals surface area contributed by atoms with Gasteiger partial charge in [0.2, 0.25) is 5.91 Å². The van der Waals surface area contributed by atoms with Crippen molar-refractivity contribution < 1.29 is 4.79 Å². The molecule has 0 aliphatic carbocycles. The van der Waals surface area contributed by atoms with Crippen LogP contribution in [0.5, 0.6) is 0 Å². The fourth-order valence-corrected chi connectivity index (χ4v) is 2.03. The number of nitrogens with zero attached hydrogens (tertiary/aromatic N) is 1. The summed E-state index contributed by atoms with van der Waals surface area (Å²) in [5.74, 6) is 0.0649. The second-order valence-electron chi connectivity index (χ2n) is 5.06. The quantitative estimate of drug-likeness (QED) is 0.682. The maximum atomic E-state index is 11.9. The van der Waals surface area contributed by atoms with Crippen LogP contribution in [0.25, 0.3) is 0 Å². The second-order valence-corrected chi connectivity index (χ2v) is 5.06. The van der Waals surface area contributed by atoms with Gasteiger partial charge in [0.1, 0.15) is 0 Å². The van der Waals surface area contributed by atoms with Crippen LogP contribution >= 0.6 is 0 Å². The Morgan fingerprint density at radius 3 is 2.85 bits per heavy atom. The van der Waals surface area contributed by atoms with E-state index in [0.29, 0.717) is 6.54 Å². The van der Waals surface area contributed by atoms with Crippen molar-refractivity contribution >= 4 is 5.91 Å². The number of pyridine rings is 1. The number of hydrogen-bond donors (Lipinski definition) is 2. The number of rotatable bonds is 9. The van der Waals surface area contributed by atoms with Crippen LogP contribution in [0.4, 0.5) is 0 Å². The highest BCUT2D eigenvalue weighted by molar-refractivity contribution is 5.81. The monoisotopic (exact) mass is 277 g/mol. The highest BCUT2D eigenvalue weighted by atomic mass is 16.2. The SMILES string of the molecule is CCCCCNC(=O)C(C)NCc1ncccc1CC. The molecular formula is C16H27N3O. The normalized spacial score (nSPS) is 12.2. The van der Waals surface area contributed by atoms with E-state index in [2.05, 4.69) is 35.5 Å². The first kappa shape index (κ1) is 16.6. The van der Waals surface area contributed by atoms with E-state index in [-0.39, 0.29) is 11.9 Å². The molecule has 0 fully saturated rings. The van der Waals surface area contributed by atoms with Crippen LogP contribution < -0.4 is 10.6 Å². The van der Waals surface area contributed by atoms with Gasteiger partial charge < -0.3 is 10.6 Å². The minimum atomic E-state index is -0.191. The van der Waals surface area contributed by atoms with Crippen LogP contribution in [-0.4, -0.2) is 23.5 Å². The smallest absolute Gasteiger partial charge is 0.236 e. The summed E-state index contributed by atoms with van der Waals surface area (Å²) in [6.45, 7) is 7.56. The van der Waals surface area contributed by atoms with Crippen molar-refractivity contribution in [2.75, 3.05) is 6.54 Å². The number of carbonyl (C=O) groups is 1. The predicted octanol–water partition coefficient (Wildman–Crippen LogP) is 2.43. The third kappa shape index (κ3) is 5.70. The molecule has 1 unspecified atom stereocenters. The summed E-state index contributed by atoms with van der Waals surface area (Å²) in [4.78, 5) is 16.3. The molecule has 0 saturated heterocycles. The summed E-state index contributed by atoms with van der Waals surface area (Å²) in [7, 11) is 0. The fourth-order valence-electron chi connectivity index (χ4n) is 2.03. The zero-order valence-electron chi connectivity index (χ0n) is 12.9. The lowest BCUT2D eigenvalue weighted by molar-refractivity contribution is -0.122. The van der Waals surface area contributed by atoms with E-state index in [0.717, 1.165) is 31.5 Å². The minimum Gasteiger partial charge on any atom is -0.355 e. The van der Waals surface area contributed by atoms with Crippen molar-refractivity contribution in [3.8, 4) is 0 Å². The number of nitrogens with one attached hydrogen (secondary N) is 2. The van der Waals surface area contributed by atoms with Gasteiger partial charge in [-0.2, -0.15) is 0 Å². The summed E-state index contributed by atoms with van der Waals surface area (Å²) < 4.78 is 0. The van der Waals surface area contributed by atoms with E-state index >= 15 is 0 Å². The lowest BCUT2D eigenvalue weighted by atomic mass is 10.1. The third-order valence-corrected chi connectivity index (χ3v) is 3.41. The van der Waals surface area contributed by atoms with Gasteiger partial charge in [-0.3, -0.25) is 9.78 Å². The molecule has 20 heavy (non-hydrogen) atoms. The van der Waals surface area contributed by atoms with Crippen molar-refractivity contribution in [3.63, 3.8) is 0 Å². The topological polar surface area (TPSA) is 54.0 Å². The Balaban J connectivity index is 2.34. The molecule has 1 aromatic heterocycles. The molecule has 0 aliphatic rings. The molecule has 0 bridgehead atoms. The molecule has 0 aliphatic heterocycles. The van der Waals surface area contributed by atoms with Gasteiger partial charge in [0.25, 0.3) is 0 Å². The van der Waals surface area contributed by atoms with Crippen molar-refractivity contribution in [2.24, 2.45) is 0 Å². The van der Waals surface area contributed by atoms with Gasteiger partial charge >= 0.3 is 0 Å². The fraction of sp³-hybridized carbons (Fsp3) is 0.625. The Morgan fingerprint density at radius 2 is 2.15 bits per heavy atom. The number of amides is 1. The lowest BCUT2D eigenvalue weighted by Crippen LogP contribution is -2.42. The summed E-state index contributed by atoms with van der Waals surface area (Å²) in [5, 5.41) is 6.20. The van der Waals surface area contributed by atoms with Gasteiger partial charge in [-0.25, -0.2) is 0 Å². The Hall–Kier alpha value is -1.42. The molecule has 1 heterocycles. The van der Waals surface area contributed by atoms with E-state index in [4.69, 9.17) is 0 Å². The van der Waals surface area contributed by atoms with Gasteiger partial charge in [0, 0.05) is 19.3 Å². The minimum absolute atomic E-state index is 0.0649. The van der Waals surface area contributed by atoms with Crippen LogP contribution in [0.3, 0.4) is 0 Å². The number of unbranched alkanes of at least 4 members (excludes halogenated alkanes) is 2. The summed E-state index contributed by atoms with van der Waals surface area (Å²) in [6, 6.07) is 3.84. The molecule has 0 saturated carbocycles. The number of carbonyl (C=O) groups excluding carboxylic acids is 1. The first-order valence-corrected chi connectivity index (χ1v) is 7.62. The highest BCUT2D eigenvalue weighted by Gasteiger charge is 2.12. The summed E-state index contributed by atoms with van der Waals surface area (Å²) >= 11 is 0. The standard InChI is InChI=1S/C16H27N3O/c1-4-6-7-10-18-16(20)13(3)19-12-15-14(5-2)9-8-11-17-15/h8-9,11,13,19H,4-7,10,12H2,1-3H3,(H,18,20). The van der Waals surface area contributed by atoms with Crippen molar-refractivity contribution in [2.45, 2.75) is 59.0 Å². The Labute approximate surface area is 122 Å². The molecule has 0 radical (unpaired) electrons. The average molecular weight is 277 g/mol. The molecule has 4 nitrogen and oxygen atoms in total. The van der Waals surface area contributed by atoms with Gasteiger partial charge in [-0.1, -0.05) is 32.8 Å². The van der Waals surface area contributed by atoms with Crippen LogP contribution in [0.1, 0.15) is 51.3 Å². The van der Waals surface area contributed by atoms with Crippen LogP contribution in [-0.2, 0) is 17.8 Å². The number of hydrogen-bond acceptors (Lipinski definition) is 3. The van der Waals surface area contributed by atoms with E-state index in [1.165, 1.54) is 12.0 Å². The van der Waals surface area contributed by atoms with Crippen LogP contribution in [0.2, 0.25) is 0 Å². The maximum Gasteiger partial charge on any atom is 0.236 e. The first-order chi connectivity index (χ1) is 9.69. The molecule has 4 heteroatoms.